The van der Waals surface area contributed by atoms with E-state index >= 15 is 0 Å². The Morgan fingerprint density at radius 3 is 2.67 bits per heavy atom. The van der Waals surface area contributed by atoms with Crippen LogP contribution in [0.15, 0.2) is 35.3 Å². The Labute approximate surface area is 110 Å². The van der Waals surface area contributed by atoms with Crippen molar-refractivity contribution in [2.24, 2.45) is 10.7 Å². The molecule has 3 N–H and O–H groups in total. The van der Waals surface area contributed by atoms with Crippen LogP contribution >= 0.6 is 0 Å². The molecule has 100 valence electrons. The van der Waals surface area contributed by atoms with Crippen LogP contribution in [0.3, 0.4) is 0 Å². The molecule has 0 spiro atoms. The number of para-hydroxylation sites is 1. The van der Waals surface area contributed by atoms with E-state index in [1.807, 2.05) is 30.3 Å². The van der Waals surface area contributed by atoms with Gasteiger partial charge in [0, 0.05) is 18.3 Å². The van der Waals surface area contributed by atoms with Crippen LogP contribution in [0.25, 0.3) is 0 Å². The molecule has 1 unspecified atom stereocenters. The second-order valence-corrected chi connectivity index (χ2v) is 4.50. The molecule has 0 fully saturated rings. The Hall–Kier alpha value is -1.55. The van der Waals surface area contributed by atoms with Gasteiger partial charge in [-0.05, 0) is 32.5 Å². The molecule has 18 heavy (non-hydrogen) atoms. The molecule has 0 aliphatic heterocycles. The zero-order valence-electron chi connectivity index (χ0n) is 11.6. The van der Waals surface area contributed by atoms with Crippen molar-refractivity contribution in [2.45, 2.75) is 26.3 Å². The molecule has 0 saturated heterocycles. The smallest absolute Gasteiger partial charge is 0.193 e. The molecule has 0 radical (unpaired) electrons. The number of rotatable bonds is 6. The van der Waals surface area contributed by atoms with Crippen molar-refractivity contribution in [3.05, 3.63) is 30.3 Å². The Morgan fingerprint density at radius 1 is 1.39 bits per heavy atom. The number of nitrogens with two attached hydrogens (primary N) is 1. The standard InChI is InChI=1S/C14H24N4/c1-4-12(2)18(3)11-10-16-14(15)17-13-8-6-5-7-9-13/h5-9,12H,4,10-11H2,1-3H3,(H3,15,16,17). The molecule has 1 aromatic rings. The van der Waals surface area contributed by atoms with Gasteiger partial charge < -0.3 is 16.0 Å². The van der Waals surface area contributed by atoms with E-state index in [1.165, 1.54) is 0 Å². The van der Waals surface area contributed by atoms with Crippen molar-refractivity contribution in [3.8, 4) is 0 Å². The molecule has 1 atom stereocenters. The summed E-state index contributed by atoms with van der Waals surface area (Å²) in [7, 11) is 2.12. The fourth-order valence-electron chi connectivity index (χ4n) is 1.57. The van der Waals surface area contributed by atoms with E-state index in [9.17, 15) is 0 Å². The van der Waals surface area contributed by atoms with Gasteiger partial charge in [-0.25, -0.2) is 0 Å². The van der Waals surface area contributed by atoms with Crippen LogP contribution in [0.1, 0.15) is 20.3 Å². The second-order valence-electron chi connectivity index (χ2n) is 4.50. The van der Waals surface area contributed by atoms with Crippen LogP contribution in [0.5, 0.6) is 0 Å². The third-order valence-electron chi connectivity index (χ3n) is 3.12. The van der Waals surface area contributed by atoms with Crippen LogP contribution in [0.2, 0.25) is 0 Å². The first kappa shape index (κ1) is 14.5. The van der Waals surface area contributed by atoms with E-state index in [4.69, 9.17) is 5.73 Å². The predicted molar refractivity (Wildman–Crippen MR) is 78.9 cm³/mol. The summed E-state index contributed by atoms with van der Waals surface area (Å²) in [5.74, 6) is 0.471. The predicted octanol–water partition coefficient (Wildman–Crippen LogP) is 2.14. The molecule has 0 bridgehead atoms. The second kappa shape index (κ2) is 7.71. The molecule has 0 aliphatic carbocycles. The number of hydrogen-bond donors (Lipinski definition) is 2. The SMILES string of the molecule is CCC(C)N(C)CCN=C(N)Nc1ccccc1. The summed E-state index contributed by atoms with van der Waals surface area (Å²) in [5.41, 5.74) is 6.79. The number of benzene rings is 1. The highest BCUT2D eigenvalue weighted by Crippen LogP contribution is 2.04. The maximum atomic E-state index is 5.82. The van der Waals surface area contributed by atoms with Crippen molar-refractivity contribution < 1.29 is 0 Å². The zero-order chi connectivity index (χ0) is 13.4. The lowest BCUT2D eigenvalue weighted by atomic mass is 10.2. The van der Waals surface area contributed by atoms with E-state index in [1.54, 1.807) is 0 Å². The highest BCUT2D eigenvalue weighted by Gasteiger charge is 2.05. The van der Waals surface area contributed by atoms with Crippen LogP contribution in [0.4, 0.5) is 5.69 Å². The zero-order valence-corrected chi connectivity index (χ0v) is 11.6. The molecule has 1 rings (SSSR count). The van der Waals surface area contributed by atoms with Crippen LogP contribution < -0.4 is 11.1 Å². The summed E-state index contributed by atoms with van der Waals surface area (Å²) in [6, 6.07) is 10.4. The highest BCUT2D eigenvalue weighted by atomic mass is 15.1. The summed E-state index contributed by atoms with van der Waals surface area (Å²) in [6.45, 7) is 6.05. The Bertz CT molecular complexity index is 361. The summed E-state index contributed by atoms with van der Waals surface area (Å²) < 4.78 is 0. The third-order valence-corrected chi connectivity index (χ3v) is 3.12. The lowest BCUT2D eigenvalue weighted by Crippen LogP contribution is -2.31. The average molecular weight is 248 g/mol. The first-order chi connectivity index (χ1) is 8.63. The summed E-state index contributed by atoms with van der Waals surface area (Å²) in [4.78, 5) is 6.61. The molecule has 0 amide bonds. The molecule has 4 heteroatoms. The first-order valence-corrected chi connectivity index (χ1v) is 6.45. The van der Waals surface area contributed by atoms with Crippen LogP contribution in [-0.4, -0.2) is 37.0 Å². The first-order valence-electron chi connectivity index (χ1n) is 6.45. The van der Waals surface area contributed by atoms with Crippen molar-refractivity contribution in [1.82, 2.24) is 4.90 Å². The van der Waals surface area contributed by atoms with E-state index in [-0.39, 0.29) is 0 Å². The molecule has 1 aromatic carbocycles. The summed E-state index contributed by atoms with van der Waals surface area (Å²) >= 11 is 0. The minimum atomic E-state index is 0.471. The summed E-state index contributed by atoms with van der Waals surface area (Å²) in [5, 5.41) is 3.07. The third kappa shape index (κ3) is 5.19. The molecular formula is C14H24N4. The van der Waals surface area contributed by atoms with Crippen molar-refractivity contribution >= 4 is 11.6 Å². The monoisotopic (exact) mass is 248 g/mol. The lowest BCUT2D eigenvalue weighted by molar-refractivity contribution is 0.259. The number of likely N-dealkylation sites (N-methyl/N-ethyl adjacent to an activating group) is 1. The van der Waals surface area contributed by atoms with Gasteiger partial charge in [0.05, 0.1) is 6.54 Å². The van der Waals surface area contributed by atoms with E-state index < -0.39 is 0 Å². The number of nitrogens with one attached hydrogen (secondary N) is 1. The van der Waals surface area contributed by atoms with Gasteiger partial charge in [-0.1, -0.05) is 25.1 Å². The van der Waals surface area contributed by atoms with Gasteiger partial charge in [0.15, 0.2) is 5.96 Å². The number of hydrogen-bond acceptors (Lipinski definition) is 2. The minimum absolute atomic E-state index is 0.471. The fourth-order valence-corrected chi connectivity index (χ4v) is 1.57. The summed E-state index contributed by atoms with van der Waals surface area (Å²) in [6.07, 6.45) is 1.15. The van der Waals surface area contributed by atoms with Gasteiger partial charge in [0.2, 0.25) is 0 Å². The molecule has 0 saturated carbocycles. The highest BCUT2D eigenvalue weighted by molar-refractivity contribution is 5.92. The van der Waals surface area contributed by atoms with Gasteiger partial charge in [-0.2, -0.15) is 0 Å². The van der Waals surface area contributed by atoms with Gasteiger partial charge in [0.25, 0.3) is 0 Å². The fraction of sp³-hybridized carbons (Fsp3) is 0.500. The van der Waals surface area contributed by atoms with Gasteiger partial charge in [-0.15, -0.1) is 0 Å². The number of nitrogens with zero attached hydrogens (tertiary/aromatic N) is 2. The van der Waals surface area contributed by atoms with E-state index in [0.717, 1.165) is 18.7 Å². The molecular weight excluding hydrogens is 224 g/mol. The van der Waals surface area contributed by atoms with Gasteiger partial charge in [0.1, 0.15) is 0 Å². The Kier molecular flexibility index (Phi) is 6.22. The van der Waals surface area contributed by atoms with Crippen molar-refractivity contribution in [3.63, 3.8) is 0 Å². The molecule has 0 heterocycles. The molecule has 0 aromatic heterocycles. The van der Waals surface area contributed by atoms with Crippen LogP contribution in [0, 0.1) is 0 Å². The average Bonchev–Trinajstić information content (AvgIpc) is 2.38. The van der Waals surface area contributed by atoms with E-state index in [0.29, 0.717) is 18.5 Å². The Morgan fingerprint density at radius 2 is 2.06 bits per heavy atom. The number of guanidine groups is 1. The number of aliphatic imine (C=N–C) groups is 1. The minimum Gasteiger partial charge on any atom is -0.370 e. The largest absolute Gasteiger partial charge is 0.370 e. The maximum absolute atomic E-state index is 5.82. The molecule has 0 aliphatic rings. The van der Waals surface area contributed by atoms with Crippen LogP contribution in [-0.2, 0) is 0 Å². The van der Waals surface area contributed by atoms with Gasteiger partial charge in [-0.3, -0.25) is 4.99 Å². The Balaban J connectivity index is 2.34. The lowest BCUT2D eigenvalue weighted by Gasteiger charge is -2.22. The molecule has 4 nitrogen and oxygen atoms in total. The topological polar surface area (TPSA) is 53.6 Å². The number of anilines is 1. The quantitative estimate of drug-likeness (QED) is 0.599. The maximum Gasteiger partial charge on any atom is 0.193 e. The van der Waals surface area contributed by atoms with Crippen molar-refractivity contribution in [1.29, 1.82) is 0 Å². The normalized spacial score (nSPS) is 13.7. The van der Waals surface area contributed by atoms with Crippen molar-refractivity contribution in [2.75, 3.05) is 25.5 Å². The van der Waals surface area contributed by atoms with Gasteiger partial charge >= 0.3 is 0 Å². The van der Waals surface area contributed by atoms with E-state index in [2.05, 4.69) is 36.1 Å².